The van der Waals surface area contributed by atoms with Crippen molar-refractivity contribution in [2.45, 2.75) is 32.9 Å². The van der Waals surface area contributed by atoms with E-state index in [1.165, 1.54) is 11.3 Å². The Balaban J connectivity index is 1.58. The number of esters is 1. The molecule has 2 heterocycles. The molecule has 35 heavy (non-hydrogen) atoms. The topological polar surface area (TPSA) is 83.1 Å². The van der Waals surface area contributed by atoms with E-state index in [1.54, 1.807) is 14.0 Å². The Hall–Kier alpha value is -3.52. The molecule has 0 aromatic heterocycles. The van der Waals surface area contributed by atoms with E-state index in [2.05, 4.69) is 58.5 Å². The van der Waals surface area contributed by atoms with Crippen LogP contribution in [0.2, 0.25) is 0 Å². The number of nitrogens with zero attached hydrogens (tertiary/aromatic N) is 2. The highest BCUT2D eigenvalue weighted by Crippen LogP contribution is 2.30. The summed E-state index contributed by atoms with van der Waals surface area (Å²) >= 11 is 0. The van der Waals surface area contributed by atoms with Gasteiger partial charge in [-0.3, -0.25) is 4.90 Å². The molecular weight excluding hydrogens is 444 g/mol. The largest absolute Gasteiger partial charge is 0.497 e. The van der Waals surface area contributed by atoms with Crippen LogP contribution in [0.1, 0.15) is 31.0 Å². The second-order valence-electron chi connectivity index (χ2n) is 9.03. The maximum Gasteiger partial charge on any atom is 0.338 e. The molecule has 2 atom stereocenters. The van der Waals surface area contributed by atoms with Crippen molar-refractivity contribution in [1.29, 1.82) is 0 Å². The van der Waals surface area contributed by atoms with E-state index in [-0.39, 0.29) is 18.7 Å². The van der Waals surface area contributed by atoms with Gasteiger partial charge in [0.25, 0.3) is 0 Å². The Morgan fingerprint density at radius 2 is 1.91 bits per heavy atom. The summed E-state index contributed by atoms with van der Waals surface area (Å²) in [5.74, 6) is 0.277. The van der Waals surface area contributed by atoms with Gasteiger partial charge < -0.3 is 25.0 Å². The fourth-order valence-corrected chi connectivity index (χ4v) is 4.83. The number of nitrogens with one attached hydrogen (secondary N) is 2. The molecular formula is C27H34N4O4. The summed E-state index contributed by atoms with van der Waals surface area (Å²) in [6.45, 7) is 9.29. The third-order valence-electron chi connectivity index (χ3n) is 6.52. The Morgan fingerprint density at radius 1 is 1.14 bits per heavy atom. The number of anilines is 1. The van der Waals surface area contributed by atoms with Gasteiger partial charge in [0.05, 0.1) is 25.3 Å². The van der Waals surface area contributed by atoms with E-state index >= 15 is 0 Å². The van der Waals surface area contributed by atoms with Crippen molar-refractivity contribution in [3.8, 4) is 5.75 Å². The number of benzene rings is 2. The lowest BCUT2D eigenvalue weighted by molar-refractivity contribution is -0.139. The van der Waals surface area contributed by atoms with Gasteiger partial charge in [-0.15, -0.1) is 0 Å². The molecule has 0 radical (unpaired) electrons. The number of carbonyl (C=O) groups is 2. The third kappa shape index (κ3) is 5.59. The van der Waals surface area contributed by atoms with Gasteiger partial charge >= 0.3 is 12.0 Å². The minimum Gasteiger partial charge on any atom is -0.497 e. The van der Waals surface area contributed by atoms with Gasteiger partial charge in [-0.05, 0) is 56.2 Å². The van der Waals surface area contributed by atoms with E-state index in [4.69, 9.17) is 9.47 Å². The SMILES string of the molecule is CCOC(=O)C1=C(CN2CCN(c3cccc(C)c3)[C@H](C)C2)NC(=O)N[C@@H]1c1ccc(OC)cc1. The fourth-order valence-electron chi connectivity index (χ4n) is 4.83. The number of hydrogen-bond acceptors (Lipinski definition) is 6. The number of urea groups is 1. The highest BCUT2D eigenvalue weighted by Gasteiger charge is 2.35. The lowest BCUT2D eigenvalue weighted by Gasteiger charge is -2.42. The van der Waals surface area contributed by atoms with Gasteiger partial charge in [0.2, 0.25) is 0 Å². The first-order valence-electron chi connectivity index (χ1n) is 12.1. The molecule has 0 saturated carbocycles. The molecule has 0 bridgehead atoms. The van der Waals surface area contributed by atoms with Gasteiger partial charge in [0.15, 0.2) is 0 Å². The van der Waals surface area contributed by atoms with E-state index < -0.39 is 12.0 Å². The van der Waals surface area contributed by atoms with Gasteiger partial charge in [0.1, 0.15) is 5.75 Å². The number of hydrogen-bond donors (Lipinski definition) is 2. The van der Waals surface area contributed by atoms with E-state index in [0.717, 1.165) is 25.2 Å². The number of piperazine rings is 1. The number of aryl methyl sites for hydroxylation is 1. The molecule has 8 nitrogen and oxygen atoms in total. The van der Waals surface area contributed by atoms with Gasteiger partial charge in [-0.2, -0.15) is 0 Å². The Kier molecular flexibility index (Phi) is 7.60. The Morgan fingerprint density at radius 3 is 2.57 bits per heavy atom. The summed E-state index contributed by atoms with van der Waals surface area (Å²) < 4.78 is 10.7. The molecule has 2 amide bonds. The minimum absolute atomic E-state index is 0.255. The number of amides is 2. The quantitative estimate of drug-likeness (QED) is 0.594. The van der Waals surface area contributed by atoms with Gasteiger partial charge in [0, 0.05) is 43.6 Å². The first-order valence-corrected chi connectivity index (χ1v) is 12.1. The van der Waals surface area contributed by atoms with E-state index in [1.807, 2.05) is 24.3 Å². The zero-order chi connectivity index (χ0) is 24.9. The third-order valence-corrected chi connectivity index (χ3v) is 6.52. The first kappa shape index (κ1) is 24.6. The Bertz CT molecular complexity index is 1100. The summed E-state index contributed by atoms with van der Waals surface area (Å²) in [5, 5.41) is 5.78. The van der Waals surface area contributed by atoms with Crippen LogP contribution >= 0.6 is 0 Å². The van der Waals surface area contributed by atoms with Crippen molar-refractivity contribution < 1.29 is 19.1 Å². The predicted octanol–water partition coefficient (Wildman–Crippen LogP) is 3.39. The molecule has 1 fully saturated rings. The van der Waals surface area contributed by atoms with Crippen LogP contribution in [0.5, 0.6) is 5.75 Å². The van der Waals surface area contributed by atoms with Crippen molar-refractivity contribution in [2.24, 2.45) is 0 Å². The van der Waals surface area contributed by atoms with Crippen LogP contribution < -0.4 is 20.3 Å². The average Bonchev–Trinajstić information content (AvgIpc) is 2.84. The molecule has 1 saturated heterocycles. The monoisotopic (exact) mass is 478 g/mol. The zero-order valence-corrected chi connectivity index (χ0v) is 20.8. The summed E-state index contributed by atoms with van der Waals surface area (Å²) in [6, 6.07) is 15.2. The second-order valence-corrected chi connectivity index (χ2v) is 9.03. The number of rotatable bonds is 7. The van der Waals surface area contributed by atoms with Crippen molar-refractivity contribution in [3.63, 3.8) is 0 Å². The standard InChI is InChI=1S/C27H34N4O4/c1-5-35-26(32)24-23(28-27(33)29-25(24)20-9-11-22(34-4)12-10-20)17-30-13-14-31(19(3)16-30)21-8-6-7-18(2)15-21/h6-12,15,19,25H,5,13-14,16-17H2,1-4H3,(H2,28,29,33)/t19-,25-/m1/s1. The Labute approximate surface area is 206 Å². The average molecular weight is 479 g/mol. The van der Waals surface area contributed by atoms with Crippen LogP contribution in [-0.2, 0) is 9.53 Å². The minimum atomic E-state index is -0.602. The molecule has 0 aliphatic carbocycles. The molecule has 2 aromatic rings. The maximum atomic E-state index is 13.1. The second kappa shape index (κ2) is 10.8. The summed E-state index contributed by atoms with van der Waals surface area (Å²) in [4.78, 5) is 30.4. The molecule has 2 aliphatic rings. The maximum absolute atomic E-state index is 13.1. The molecule has 4 rings (SSSR count). The molecule has 0 unspecified atom stereocenters. The molecule has 2 N–H and O–H groups in total. The van der Waals surface area contributed by atoms with Crippen LogP contribution in [-0.4, -0.2) is 62.8 Å². The zero-order valence-electron chi connectivity index (χ0n) is 20.8. The van der Waals surface area contributed by atoms with Crippen molar-refractivity contribution in [1.82, 2.24) is 15.5 Å². The molecule has 2 aromatic carbocycles. The van der Waals surface area contributed by atoms with Crippen molar-refractivity contribution in [2.75, 3.05) is 44.8 Å². The highest BCUT2D eigenvalue weighted by molar-refractivity contribution is 5.95. The van der Waals surface area contributed by atoms with Crippen LogP contribution in [0.25, 0.3) is 0 Å². The molecule has 186 valence electrons. The summed E-state index contributed by atoms with van der Waals surface area (Å²) in [5.41, 5.74) is 4.27. The van der Waals surface area contributed by atoms with Crippen LogP contribution in [0.15, 0.2) is 59.8 Å². The van der Waals surface area contributed by atoms with E-state index in [9.17, 15) is 9.59 Å². The van der Waals surface area contributed by atoms with Crippen molar-refractivity contribution >= 4 is 17.7 Å². The summed E-state index contributed by atoms with van der Waals surface area (Å²) in [6.07, 6.45) is 0. The van der Waals surface area contributed by atoms with E-state index in [0.29, 0.717) is 23.6 Å². The smallest absolute Gasteiger partial charge is 0.338 e. The molecule has 2 aliphatic heterocycles. The predicted molar refractivity (Wildman–Crippen MR) is 135 cm³/mol. The van der Waals surface area contributed by atoms with Gasteiger partial charge in [-0.25, -0.2) is 9.59 Å². The lowest BCUT2D eigenvalue weighted by Crippen LogP contribution is -2.54. The molecule has 0 spiro atoms. The first-order chi connectivity index (χ1) is 16.9. The number of carbonyl (C=O) groups excluding carboxylic acids is 2. The molecule has 8 heteroatoms. The van der Waals surface area contributed by atoms with Crippen molar-refractivity contribution in [3.05, 3.63) is 70.9 Å². The highest BCUT2D eigenvalue weighted by atomic mass is 16.5. The summed E-state index contributed by atoms with van der Waals surface area (Å²) in [7, 11) is 1.60. The lowest BCUT2D eigenvalue weighted by atomic mass is 9.94. The fraction of sp³-hybridized carbons (Fsp3) is 0.407. The van der Waals surface area contributed by atoms with Crippen LogP contribution in [0, 0.1) is 6.92 Å². The van der Waals surface area contributed by atoms with Crippen LogP contribution in [0.3, 0.4) is 0 Å². The van der Waals surface area contributed by atoms with Crippen LogP contribution in [0.4, 0.5) is 10.5 Å². The number of ether oxygens (including phenoxy) is 2. The van der Waals surface area contributed by atoms with Gasteiger partial charge in [-0.1, -0.05) is 24.3 Å². The normalized spacial score (nSPS) is 20.8. The number of methoxy groups -OCH3 is 1.